The highest BCUT2D eigenvalue weighted by molar-refractivity contribution is 14.1. The van der Waals surface area contributed by atoms with Gasteiger partial charge in [-0.05, 0) is 59.0 Å². The van der Waals surface area contributed by atoms with Crippen LogP contribution in [0, 0.1) is 3.57 Å². The van der Waals surface area contributed by atoms with Crippen molar-refractivity contribution < 1.29 is 4.79 Å². The van der Waals surface area contributed by atoms with Crippen LogP contribution < -0.4 is 5.32 Å². The molecule has 5 heteroatoms. The second-order valence-corrected chi connectivity index (χ2v) is 6.90. The fraction of sp³-hybridized carbons (Fsp3) is 0.0714. The minimum atomic E-state index is 0.0111. The van der Waals surface area contributed by atoms with E-state index in [1.54, 1.807) is 0 Å². The van der Waals surface area contributed by atoms with E-state index in [1.165, 1.54) is 11.8 Å². The third-order valence-corrected chi connectivity index (χ3v) is 4.81. The Morgan fingerprint density at radius 2 is 1.84 bits per heavy atom. The number of nitrogens with one attached hydrogen (secondary N) is 1. The van der Waals surface area contributed by atoms with E-state index in [9.17, 15) is 4.79 Å². The molecule has 2 rings (SSSR count). The van der Waals surface area contributed by atoms with Gasteiger partial charge in [0.05, 0.1) is 11.4 Å². The number of hydrogen-bond acceptors (Lipinski definition) is 2. The lowest BCUT2D eigenvalue weighted by Gasteiger charge is -2.07. The summed E-state index contributed by atoms with van der Waals surface area (Å²) in [7, 11) is 0. The Labute approximate surface area is 138 Å². The molecule has 0 unspecified atom stereocenters. The molecule has 2 aromatic carbocycles. The van der Waals surface area contributed by atoms with Gasteiger partial charge < -0.3 is 5.32 Å². The standard InChI is InChI=1S/C14H11BrINOS/c15-10-5-7-11(8-6-10)19-9-14(18)17-13-4-2-1-3-12(13)16/h1-8H,9H2,(H,17,18). The number of benzene rings is 2. The van der Waals surface area contributed by atoms with Crippen molar-refractivity contribution in [2.75, 3.05) is 11.1 Å². The fourth-order valence-corrected chi connectivity index (χ4v) is 2.91. The number of thioether (sulfide) groups is 1. The molecule has 0 aromatic heterocycles. The highest BCUT2D eigenvalue weighted by Crippen LogP contribution is 2.21. The van der Waals surface area contributed by atoms with Crippen molar-refractivity contribution in [3.63, 3.8) is 0 Å². The van der Waals surface area contributed by atoms with Crippen molar-refractivity contribution in [1.29, 1.82) is 0 Å². The zero-order valence-electron chi connectivity index (χ0n) is 9.90. The summed E-state index contributed by atoms with van der Waals surface area (Å²) in [6, 6.07) is 15.7. The van der Waals surface area contributed by atoms with Gasteiger partial charge in [0.25, 0.3) is 0 Å². The fourth-order valence-electron chi connectivity index (χ4n) is 1.43. The van der Waals surface area contributed by atoms with Crippen LogP contribution in [0.5, 0.6) is 0 Å². The van der Waals surface area contributed by atoms with Gasteiger partial charge in [0, 0.05) is 12.9 Å². The zero-order chi connectivity index (χ0) is 13.7. The van der Waals surface area contributed by atoms with Crippen LogP contribution in [0.2, 0.25) is 0 Å². The smallest absolute Gasteiger partial charge is 0.234 e. The molecular weight excluding hydrogens is 437 g/mol. The first-order chi connectivity index (χ1) is 9.15. The molecule has 0 aliphatic carbocycles. The van der Waals surface area contributed by atoms with Crippen LogP contribution in [0.1, 0.15) is 0 Å². The van der Waals surface area contributed by atoms with E-state index in [4.69, 9.17) is 0 Å². The molecule has 0 fully saturated rings. The molecule has 2 nitrogen and oxygen atoms in total. The number of amides is 1. The highest BCUT2D eigenvalue weighted by Gasteiger charge is 2.05. The zero-order valence-corrected chi connectivity index (χ0v) is 14.5. The van der Waals surface area contributed by atoms with Gasteiger partial charge in [-0.1, -0.05) is 28.1 Å². The predicted octanol–water partition coefficient (Wildman–Crippen LogP) is 4.78. The van der Waals surface area contributed by atoms with Crippen molar-refractivity contribution >= 4 is 61.9 Å². The van der Waals surface area contributed by atoms with Crippen LogP contribution in [-0.2, 0) is 4.79 Å². The summed E-state index contributed by atoms with van der Waals surface area (Å²) >= 11 is 7.13. The first-order valence-corrected chi connectivity index (χ1v) is 8.43. The van der Waals surface area contributed by atoms with E-state index < -0.39 is 0 Å². The average molecular weight is 448 g/mol. The normalized spacial score (nSPS) is 10.2. The summed E-state index contributed by atoms with van der Waals surface area (Å²) in [6.07, 6.45) is 0. The quantitative estimate of drug-likeness (QED) is 0.539. The Balaban J connectivity index is 1.88. The summed E-state index contributed by atoms with van der Waals surface area (Å²) in [4.78, 5) is 12.9. The number of para-hydroxylation sites is 1. The van der Waals surface area contributed by atoms with Crippen molar-refractivity contribution in [1.82, 2.24) is 0 Å². The lowest BCUT2D eigenvalue weighted by Crippen LogP contribution is -2.14. The Hall–Kier alpha value is -0.530. The van der Waals surface area contributed by atoms with Gasteiger partial charge >= 0.3 is 0 Å². The molecule has 0 spiro atoms. The summed E-state index contributed by atoms with van der Waals surface area (Å²) < 4.78 is 2.09. The lowest BCUT2D eigenvalue weighted by atomic mass is 10.3. The molecule has 1 amide bonds. The third kappa shape index (κ3) is 4.81. The molecule has 0 saturated heterocycles. The molecular formula is C14H11BrINOS. The third-order valence-electron chi connectivity index (χ3n) is 2.33. The van der Waals surface area contributed by atoms with E-state index in [0.717, 1.165) is 18.6 Å². The molecule has 0 saturated carbocycles. The van der Waals surface area contributed by atoms with Gasteiger partial charge in [-0.15, -0.1) is 11.8 Å². The Morgan fingerprint density at radius 3 is 2.53 bits per heavy atom. The van der Waals surface area contributed by atoms with Gasteiger partial charge in [-0.25, -0.2) is 0 Å². The van der Waals surface area contributed by atoms with E-state index >= 15 is 0 Å². The maximum Gasteiger partial charge on any atom is 0.234 e. The van der Waals surface area contributed by atoms with Gasteiger partial charge in [-0.2, -0.15) is 0 Å². The van der Waals surface area contributed by atoms with Gasteiger partial charge in [0.2, 0.25) is 5.91 Å². The number of anilines is 1. The monoisotopic (exact) mass is 447 g/mol. The summed E-state index contributed by atoms with van der Waals surface area (Å²) in [5.74, 6) is 0.420. The molecule has 1 N–H and O–H groups in total. The first kappa shape index (κ1) is 14.9. The van der Waals surface area contributed by atoms with Crippen molar-refractivity contribution in [2.45, 2.75) is 4.90 Å². The highest BCUT2D eigenvalue weighted by atomic mass is 127. The molecule has 0 aliphatic rings. The van der Waals surface area contributed by atoms with Crippen molar-refractivity contribution in [3.05, 3.63) is 56.6 Å². The number of halogens is 2. The van der Waals surface area contributed by atoms with Crippen LogP contribution >= 0.6 is 50.3 Å². The molecule has 19 heavy (non-hydrogen) atoms. The van der Waals surface area contributed by atoms with Crippen LogP contribution in [-0.4, -0.2) is 11.7 Å². The molecule has 0 atom stereocenters. The largest absolute Gasteiger partial charge is 0.324 e. The summed E-state index contributed by atoms with van der Waals surface area (Å²) in [5, 5.41) is 2.92. The lowest BCUT2D eigenvalue weighted by molar-refractivity contribution is -0.113. The summed E-state index contributed by atoms with van der Waals surface area (Å²) in [6.45, 7) is 0. The molecule has 0 aliphatic heterocycles. The van der Waals surface area contributed by atoms with Crippen LogP contribution in [0.25, 0.3) is 0 Å². The van der Waals surface area contributed by atoms with Crippen LogP contribution in [0.15, 0.2) is 57.9 Å². The molecule has 0 heterocycles. The minimum absolute atomic E-state index is 0.0111. The van der Waals surface area contributed by atoms with Gasteiger partial charge in [0.15, 0.2) is 0 Å². The number of carbonyl (C=O) groups excluding carboxylic acids is 1. The van der Waals surface area contributed by atoms with E-state index in [1.807, 2.05) is 48.5 Å². The topological polar surface area (TPSA) is 29.1 Å². The minimum Gasteiger partial charge on any atom is -0.324 e. The van der Waals surface area contributed by atoms with Crippen molar-refractivity contribution in [3.8, 4) is 0 Å². The number of carbonyl (C=O) groups is 1. The van der Waals surface area contributed by atoms with Crippen LogP contribution in [0.4, 0.5) is 5.69 Å². The first-order valence-electron chi connectivity index (χ1n) is 5.58. The molecule has 0 radical (unpaired) electrons. The number of hydrogen-bond donors (Lipinski definition) is 1. The maximum absolute atomic E-state index is 11.9. The Kier molecular flexibility index (Phi) is 5.72. The number of rotatable bonds is 4. The van der Waals surface area contributed by atoms with Gasteiger partial charge in [0.1, 0.15) is 0 Å². The van der Waals surface area contributed by atoms with Gasteiger partial charge in [-0.3, -0.25) is 4.79 Å². The van der Waals surface area contributed by atoms with E-state index in [2.05, 4.69) is 43.8 Å². The molecule has 2 aromatic rings. The van der Waals surface area contributed by atoms with Crippen molar-refractivity contribution in [2.24, 2.45) is 0 Å². The van der Waals surface area contributed by atoms with Crippen LogP contribution in [0.3, 0.4) is 0 Å². The van der Waals surface area contributed by atoms with E-state index in [0.29, 0.717) is 5.75 Å². The Bertz CT molecular complexity index is 574. The second-order valence-electron chi connectivity index (χ2n) is 3.77. The molecule has 98 valence electrons. The predicted molar refractivity (Wildman–Crippen MR) is 92.7 cm³/mol. The molecule has 0 bridgehead atoms. The Morgan fingerprint density at radius 1 is 1.16 bits per heavy atom. The second kappa shape index (κ2) is 7.31. The SMILES string of the molecule is O=C(CSc1ccc(Br)cc1)Nc1ccccc1I. The summed E-state index contributed by atoms with van der Waals surface area (Å²) in [5.41, 5.74) is 0.865. The van der Waals surface area contributed by atoms with E-state index in [-0.39, 0.29) is 5.91 Å². The maximum atomic E-state index is 11.9. The average Bonchev–Trinajstić information content (AvgIpc) is 2.41.